The van der Waals surface area contributed by atoms with Crippen LogP contribution in [0.5, 0.6) is 11.5 Å². The second kappa shape index (κ2) is 4.14. The van der Waals surface area contributed by atoms with E-state index in [1.54, 1.807) is 19.2 Å². The molecule has 0 amide bonds. The van der Waals surface area contributed by atoms with Crippen LogP contribution < -0.4 is 10.5 Å². The van der Waals surface area contributed by atoms with Crippen LogP contribution in [0.25, 0.3) is 0 Å². The van der Waals surface area contributed by atoms with Crippen LogP contribution in [-0.2, 0) is 6.42 Å². The molecule has 1 unspecified atom stereocenters. The smallest absolute Gasteiger partial charge is 0.125 e. The summed E-state index contributed by atoms with van der Waals surface area (Å²) >= 11 is 0. The minimum Gasteiger partial charge on any atom is -0.508 e. The molecule has 0 aliphatic heterocycles. The molecule has 0 saturated heterocycles. The van der Waals surface area contributed by atoms with Gasteiger partial charge in [-0.05, 0) is 25.5 Å². The molecule has 1 rings (SSSR count). The molecule has 1 atom stereocenters. The lowest BCUT2D eigenvalue weighted by atomic mass is 10.1. The van der Waals surface area contributed by atoms with E-state index in [1.807, 2.05) is 13.0 Å². The van der Waals surface area contributed by atoms with Gasteiger partial charge in [0.1, 0.15) is 11.5 Å². The average Bonchev–Trinajstić information content (AvgIpc) is 2.08. The standard InChI is InChI=1S/C10H15NO2/c1-7(11)6-8-9(12)4-3-5-10(8)13-2/h3-5,7,12H,6,11H2,1-2H3. The van der Waals surface area contributed by atoms with E-state index in [0.29, 0.717) is 12.2 Å². The number of phenolic OH excluding ortho intramolecular Hbond substituents is 1. The van der Waals surface area contributed by atoms with Crippen molar-refractivity contribution in [3.63, 3.8) is 0 Å². The zero-order chi connectivity index (χ0) is 9.84. The molecular weight excluding hydrogens is 166 g/mol. The summed E-state index contributed by atoms with van der Waals surface area (Å²) in [6.45, 7) is 1.89. The molecule has 3 nitrogen and oxygen atoms in total. The summed E-state index contributed by atoms with van der Waals surface area (Å²) in [6, 6.07) is 5.22. The SMILES string of the molecule is COc1cccc(O)c1CC(C)N. The van der Waals surface area contributed by atoms with E-state index in [9.17, 15) is 5.11 Å². The Balaban J connectivity index is 3.00. The molecule has 1 aromatic rings. The third kappa shape index (κ3) is 2.36. The summed E-state index contributed by atoms with van der Waals surface area (Å²) in [5, 5.41) is 9.54. The van der Waals surface area contributed by atoms with Gasteiger partial charge in [0.25, 0.3) is 0 Å². The fourth-order valence-corrected chi connectivity index (χ4v) is 1.27. The molecule has 72 valence electrons. The first kappa shape index (κ1) is 9.86. The van der Waals surface area contributed by atoms with Crippen molar-refractivity contribution in [2.45, 2.75) is 19.4 Å². The second-order valence-electron chi connectivity index (χ2n) is 3.14. The van der Waals surface area contributed by atoms with Crippen molar-refractivity contribution < 1.29 is 9.84 Å². The van der Waals surface area contributed by atoms with Crippen molar-refractivity contribution in [1.29, 1.82) is 0 Å². The highest BCUT2D eigenvalue weighted by Gasteiger charge is 2.09. The quantitative estimate of drug-likeness (QED) is 0.738. The highest BCUT2D eigenvalue weighted by atomic mass is 16.5. The number of rotatable bonds is 3. The Kier molecular flexibility index (Phi) is 3.14. The van der Waals surface area contributed by atoms with E-state index < -0.39 is 0 Å². The Morgan fingerprint density at radius 2 is 2.23 bits per heavy atom. The highest BCUT2D eigenvalue weighted by Crippen LogP contribution is 2.27. The Hall–Kier alpha value is -1.22. The maximum absolute atomic E-state index is 9.54. The molecule has 0 heterocycles. The van der Waals surface area contributed by atoms with Gasteiger partial charge >= 0.3 is 0 Å². The predicted molar refractivity (Wildman–Crippen MR) is 52.0 cm³/mol. The minimum absolute atomic E-state index is 0.0159. The van der Waals surface area contributed by atoms with Gasteiger partial charge < -0.3 is 15.6 Å². The lowest BCUT2D eigenvalue weighted by Crippen LogP contribution is -2.18. The minimum atomic E-state index is 0.0159. The van der Waals surface area contributed by atoms with Crippen molar-refractivity contribution in [1.82, 2.24) is 0 Å². The number of hydrogen-bond acceptors (Lipinski definition) is 3. The molecule has 0 saturated carbocycles. The molecule has 0 aromatic heterocycles. The molecule has 0 bridgehead atoms. The first-order chi connectivity index (χ1) is 6.15. The molecule has 0 aliphatic carbocycles. The Morgan fingerprint density at radius 1 is 1.54 bits per heavy atom. The van der Waals surface area contributed by atoms with Crippen LogP contribution in [0.2, 0.25) is 0 Å². The van der Waals surface area contributed by atoms with E-state index in [4.69, 9.17) is 10.5 Å². The molecule has 13 heavy (non-hydrogen) atoms. The third-order valence-electron chi connectivity index (χ3n) is 1.85. The van der Waals surface area contributed by atoms with Crippen molar-refractivity contribution in [3.8, 4) is 11.5 Å². The van der Waals surface area contributed by atoms with Crippen LogP contribution in [0.4, 0.5) is 0 Å². The van der Waals surface area contributed by atoms with E-state index in [0.717, 1.165) is 5.56 Å². The zero-order valence-electron chi connectivity index (χ0n) is 7.95. The Bertz CT molecular complexity index is 284. The van der Waals surface area contributed by atoms with Gasteiger partial charge in [-0.2, -0.15) is 0 Å². The number of nitrogens with two attached hydrogens (primary N) is 1. The molecule has 0 aliphatic rings. The van der Waals surface area contributed by atoms with Crippen molar-refractivity contribution in [3.05, 3.63) is 23.8 Å². The summed E-state index contributed by atoms with van der Waals surface area (Å²) in [4.78, 5) is 0. The number of hydrogen-bond donors (Lipinski definition) is 2. The number of phenols is 1. The lowest BCUT2D eigenvalue weighted by Gasteiger charge is -2.11. The summed E-state index contributed by atoms with van der Waals surface area (Å²) in [6.07, 6.45) is 0.621. The van der Waals surface area contributed by atoms with Crippen LogP contribution >= 0.6 is 0 Å². The summed E-state index contributed by atoms with van der Waals surface area (Å²) in [7, 11) is 1.58. The number of benzene rings is 1. The van der Waals surface area contributed by atoms with E-state index in [1.165, 1.54) is 0 Å². The number of methoxy groups -OCH3 is 1. The van der Waals surface area contributed by atoms with Crippen LogP contribution in [-0.4, -0.2) is 18.3 Å². The maximum atomic E-state index is 9.54. The van der Waals surface area contributed by atoms with Gasteiger partial charge in [0, 0.05) is 11.6 Å². The van der Waals surface area contributed by atoms with Crippen LogP contribution in [0.15, 0.2) is 18.2 Å². The van der Waals surface area contributed by atoms with Crippen LogP contribution in [0, 0.1) is 0 Å². The van der Waals surface area contributed by atoms with Gasteiger partial charge in [-0.15, -0.1) is 0 Å². The van der Waals surface area contributed by atoms with E-state index >= 15 is 0 Å². The molecule has 3 N–H and O–H groups in total. The van der Waals surface area contributed by atoms with Crippen molar-refractivity contribution >= 4 is 0 Å². The van der Waals surface area contributed by atoms with Gasteiger partial charge in [-0.1, -0.05) is 6.07 Å². The summed E-state index contributed by atoms with van der Waals surface area (Å²) < 4.78 is 5.11. The monoisotopic (exact) mass is 181 g/mol. The average molecular weight is 181 g/mol. The fraction of sp³-hybridized carbons (Fsp3) is 0.400. The van der Waals surface area contributed by atoms with Gasteiger partial charge in [-0.25, -0.2) is 0 Å². The Morgan fingerprint density at radius 3 is 2.77 bits per heavy atom. The largest absolute Gasteiger partial charge is 0.508 e. The van der Waals surface area contributed by atoms with Crippen LogP contribution in [0.1, 0.15) is 12.5 Å². The van der Waals surface area contributed by atoms with Crippen molar-refractivity contribution in [2.24, 2.45) is 5.73 Å². The first-order valence-electron chi connectivity index (χ1n) is 4.25. The highest BCUT2D eigenvalue weighted by molar-refractivity contribution is 5.44. The van der Waals surface area contributed by atoms with Crippen LogP contribution in [0.3, 0.4) is 0 Å². The lowest BCUT2D eigenvalue weighted by molar-refractivity contribution is 0.397. The molecule has 0 fully saturated rings. The molecule has 0 spiro atoms. The topological polar surface area (TPSA) is 55.5 Å². The number of ether oxygens (including phenoxy) is 1. The van der Waals surface area contributed by atoms with E-state index in [2.05, 4.69) is 0 Å². The zero-order valence-corrected chi connectivity index (χ0v) is 7.95. The number of aromatic hydroxyl groups is 1. The van der Waals surface area contributed by atoms with Gasteiger partial charge in [0.15, 0.2) is 0 Å². The molecule has 0 radical (unpaired) electrons. The third-order valence-corrected chi connectivity index (χ3v) is 1.85. The Labute approximate surface area is 78.1 Å². The summed E-state index contributed by atoms with van der Waals surface area (Å²) in [5.41, 5.74) is 6.43. The molecular formula is C10H15NO2. The van der Waals surface area contributed by atoms with Crippen molar-refractivity contribution in [2.75, 3.05) is 7.11 Å². The van der Waals surface area contributed by atoms with Gasteiger partial charge in [0.2, 0.25) is 0 Å². The first-order valence-corrected chi connectivity index (χ1v) is 4.25. The van der Waals surface area contributed by atoms with Gasteiger partial charge in [-0.3, -0.25) is 0 Å². The predicted octanol–water partition coefficient (Wildman–Crippen LogP) is 1.29. The fourth-order valence-electron chi connectivity index (χ4n) is 1.27. The van der Waals surface area contributed by atoms with Gasteiger partial charge in [0.05, 0.1) is 7.11 Å². The second-order valence-corrected chi connectivity index (χ2v) is 3.14. The molecule has 1 aromatic carbocycles. The summed E-state index contributed by atoms with van der Waals surface area (Å²) in [5.74, 6) is 0.939. The normalized spacial score (nSPS) is 12.5. The van der Waals surface area contributed by atoms with E-state index in [-0.39, 0.29) is 11.8 Å². The molecule has 3 heteroatoms. The maximum Gasteiger partial charge on any atom is 0.125 e.